The molecule has 0 amide bonds. The lowest BCUT2D eigenvalue weighted by Crippen LogP contribution is -2.60. The van der Waals surface area contributed by atoms with Crippen LogP contribution in [-0.4, -0.2) is 128 Å². The van der Waals surface area contributed by atoms with Crippen molar-refractivity contribution in [3.63, 3.8) is 0 Å². The van der Waals surface area contributed by atoms with Crippen LogP contribution in [0.4, 0.5) is 23.8 Å². The Kier molecular flexibility index (Phi) is 13.2. The molecule has 0 radical (unpaired) electrons. The van der Waals surface area contributed by atoms with Crippen molar-refractivity contribution in [2.45, 2.75) is 128 Å². The molecule has 0 bridgehead atoms. The Labute approximate surface area is 302 Å². The van der Waals surface area contributed by atoms with Gasteiger partial charge in [-0.25, -0.2) is 19.9 Å². The molecule has 14 heteroatoms. The molecule has 2 aliphatic heterocycles. The zero-order valence-corrected chi connectivity index (χ0v) is 33.1. The zero-order valence-electron chi connectivity index (χ0n) is 33.1. The van der Waals surface area contributed by atoms with E-state index in [0.717, 1.165) is 51.6 Å². The summed E-state index contributed by atoms with van der Waals surface area (Å²) in [5, 5.41) is 21.7. The maximum absolute atomic E-state index is 4.73. The topological polar surface area (TPSA) is 156 Å². The van der Waals surface area contributed by atoms with Crippen LogP contribution in [0, 0.1) is 11.8 Å². The largest absolute Gasteiger partial charge is 0.352 e. The van der Waals surface area contributed by atoms with Crippen molar-refractivity contribution < 1.29 is 0 Å². The second-order valence-corrected chi connectivity index (χ2v) is 17.9. The fourth-order valence-electron chi connectivity index (χ4n) is 8.60. The van der Waals surface area contributed by atoms with Crippen molar-refractivity contribution in [1.29, 1.82) is 0 Å². The molecule has 4 heterocycles. The second kappa shape index (κ2) is 16.6. The van der Waals surface area contributed by atoms with Crippen LogP contribution in [-0.2, 0) is 0 Å². The Hall–Kier alpha value is -2.94. The fourth-order valence-corrected chi connectivity index (χ4v) is 8.60. The third-order valence-electron chi connectivity index (χ3n) is 9.82. The Morgan fingerprint density at radius 3 is 1.22 bits per heavy atom. The van der Waals surface area contributed by atoms with E-state index in [1.807, 2.05) is 0 Å². The minimum Gasteiger partial charge on any atom is -0.352 e. The summed E-state index contributed by atoms with van der Waals surface area (Å²) in [6.45, 7) is 21.6. The molecule has 0 aliphatic carbocycles. The van der Waals surface area contributed by atoms with Gasteiger partial charge in [-0.05, 0) is 147 Å². The number of piperidine rings is 2. The van der Waals surface area contributed by atoms with Crippen LogP contribution < -0.4 is 31.9 Å². The van der Waals surface area contributed by atoms with Crippen LogP contribution in [0.1, 0.15) is 93.9 Å². The minimum atomic E-state index is 0.0634. The number of nitrogens with one attached hydrogen (secondary N) is 6. The normalized spacial score (nSPS) is 21.5. The van der Waals surface area contributed by atoms with Gasteiger partial charge in [0.2, 0.25) is 23.8 Å². The highest BCUT2D eigenvalue weighted by atomic mass is 15.2. The van der Waals surface area contributed by atoms with Gasteiger partial charge < -0.3 is 41.7 Å². The van der Waals surface area contributed by atoms with Gasteiger partial charge in [0.15, 0.2) is 0 Å². The molecule has 50 heavy (non-hydrogen) atoms. The van der Waals surface area contributed by atoms with E-state index in [4.69, 9.17) is 9.97 Å². The van der Waals surface area contributed by atoms with Crippen LogP contribution in [0.5, 0.6) is 0 Å². The van der Waals surface area contributed by atoms with Crippen molar-refractivity contribution in [1.82, 2.24) is 50.3 Å². The first-order valence-electron chi connectivity index (χ1n) is 18.6. The predicted molar refractivity (Wildman–Crippen MR) is 206 cm³/mol. The molecular weight excluding hydrogens is 628 g/mol. The van der Waals surface area contributed by atoms with Crippen LogP contribution in [0.2, 0.25) is 0 Å². The highest BCUT2D eigenvalue weighted by Crippen LogP contribution is 2.37. The van der Waals surface area contributed by atoms with Crippen molar-refractivity contribution in [3.05, 3.63) is 12.7 Å². The van der Waals surface area contributed by atoms with Crippen LogP contribution in [0.3, 0.4) is 0 Å². The standard InChI is InChI=1S/C36H68N14/c1-33(2)19-25(20-34(3,4)47-33)27(13-17-49(9)10)43-31-41-23-39-29(45-31)37-15-16-38-30-40-24-42-32(46-30)44-28(14-18-50(11)12)26-21-35(5,6)48-36(7,8)22-26/h23-28,47-48H,13-22H2,1-12H3,(H2,37,39,41,43,45)(H2,38,40,42,44,46). The molecule has 2 aromatic rings. The lowest BCUT2D eigenvalue weighted by atomic mass is 9.72. The lowest BCUT2D eigenvalue weighted by molar-refractivity contribution is 0.113. The van der Waals surface area contributed by atoms with Crippen molar-refractivity contribution in [3.8, 4) is 0 Å². The number of nitrogens with zero attached hydrogens (tertiary/aromatic N) is 8. The smallest absolute Gasteiger partial charge is 0.227 e. The highest BCUT2D eigenvalue weighted by Gasteiger charge is 2.42. The van der Waals surface area contributed by atoms with E-state index in [1.165, 1.54) is 0 Å². The molecule has 2 aliphatic rings. The van der Waals surface area contributed by atoms with E-state index in [0.29, 0.717) is 48.7 Å². The first-order chi connectivity index (χ1) is 23.3. The first kappa shape index (κ1) is 39.8. The molecule has 2 fully saturated rings. The molecule has 14 nitrogen and oxygen atoms in total. The molecule has 6 N–H and O–H groups in total. The molecule has 282 valence electrons. The third kappa shape index (κ3) is 13.0. The molecule has 0 saturated carbocycles. The number of rotatable bonds is 17. The summed E-state index contributed by atoms with van der Waals surface area (Å²) in [5.41, 5.74) is 0.254. The van der Waals surface area contributed by atoms with Gasteiger partial charge >= 0.3 is 0 Å². The predicted octanol–water partition coefficient (Wildman–Crippen LogP) is 4.16. The molecule has 2 saturated heterocycles. The summed E-state index contributed by atoms with van der Waals surface area (Å²) in [6, 6.07) is 0.494. The van der Waals surface area contributed by atoms with Gasteiger partial charge in [0.25, 0.3) is 0 Å². The van der Waals surface area contributed by atoms with E-state index >= 15 is 0 Å². The molecule has 0 aromatic carbocycles. The summed E-state index contributed by atoms with van der Waals surface area (Å²) in [6.07, 6.45) is 9.51. The van der Waals surface area contributed by atoms with Gasteiger partial charge in [0.05, 0.1) is 0 Å². The number of hydrogen-bond acceptors (Lipinski definition) is 14. The Morgan fingerprint density at radius 2 is 0.900 bits per heavy atom. The van der Waals surface area contributed by atoms with E-state index in [9.17, 15) is 0 Å². The summed E-state index contributed by atoms with van der Waals surface area (Å²) in [4.78, 5) is 31.7. The van der Waals surface area contributed by atoms with Gasteiger partial charge in [0, 0.05) is 47.3 Å². The summed E-state index contributed by atoms with van der Waals surface area (Å²) in [7, 11) is 8.50. The van der Waals surface area contributed by atoms with Gasteiger partial charge in [-0.15, -0.1) is 0 Å². The van der Waals surface area contributed by atoms with Crippen molar-refractivity contribution >= 4 is 23.8 Å². The zero-order chi connectivity index (χ0) is 36.7. The van der Waals surface area contributed by atoms with E-state index in [2.05, 4.69) is 145 Å². The SMILES string of the molecule is CN(C)CCC(Nc1ncnc(NCCNc2ncnc(NC(CCN(C)C)C3CC(C)(C)NC(C)(C)C3)n2)n1)C1CC(C)(C)NC(C)(C)C1. The summed E-state index contributed by atoms with van der Waals surface area (Å²) < 4.78 is 0. The Bertz CT molecular complexity index is 1210. The molecule has 0 spiro atoms. The quantitative estimate of drug-likeness (QED) is 0.131. The monoisotopic (exact) mass is 697 g/mol. The molecular formula is C36H68N14. The number of aromatic nitrogens is 6. The van der Waals surface area contributed by atoms with Crippen molar-refractivity contribution in [2.24, 2.45) is 11.8 Å². The molecule has 2 atom stereocenters. The van der Waals surface area contributed by atoms with Crippen molar-refractivity contribution in [2.75, 3.05) is 75.6 Å². The average molecular weight is 697 g/mol. The lowest BCUT2D eigenvalue weighted by Gasteiger charge is -2.49. The van der Waals surface area contributed by atoms with Gasteiger partial charge in [0.1, 0.15) is 12.7 Å². The minimum absolute atomic E-state index is 0.0634. The number of hydrogen-bond donors (Lipinski definition) is 6. The second-order valence-electron chi connectivity index (χ2n) is 17.9. The van der Waals surface area contributed by atoms with E-state index in [-0.39, 0.29) is 34.2 Å². The maximum Gasteiger partial charge on any atom is 0.227 e. The third-order valence-corrected chi connectivity index (χ3v) is 9.82. The number of anilines is 4. The van der Waals surface area contributed by atoms with Crippen LogP contribution in [0.25, 0.3) is 0 Å². The first-order valence-corrected chi connectivity index (χ1v) is 18.6. The van der Waals surface area contributed by atoms with Gasteiger partial charge in [-0.1, -0.05) is 0 Å². The van der Waals surface area contributed by atoms with Gasteiger partial charge in [-0.3, -0.25) is 0 Å². The molecule has 2 aromatic heterocycles. The Balaban J connectivity index is 1.34. The fraction of sp³-hybridized carbons (Fsp3) is 0.833. The maximum atomic E-state index is 4.73. The highest BCUT2D eigenvalue weighted by molar-refractivity contribution is 5.36. The van der Waals surface area contributed by atoms with Gasteiger partial charge in [-0.2, -0.15) is 9.97 Å². The van der Waals surface area contributed by atoms with E-state index < -0.39 is 0 Å². The molecule has 4 rings (SSSR count). The summed E-state index contributed by atoms with van der Waals surface area (Å²) in [5.74, 6) is 3.25. The Morgan fingerprint density at radius 1 is 0.580 bits per heavy atom. The van der Waals surface area contributed by atoms with Crippen LogP contribution in [0.15, 0.2) is 12.7 Å². The molecule has 2 unspecified atom stereocenters. The van der Waals surface area contributed by atoms with Crippen LogP contribution >= 0.6 is 0 Å². The van der Waals surface area contributed by atoms with E-state index in [1.54, 1.807) is 12.7 Å². The summed E-state index contributed by atoms with van der Waals surface area (Å²) >= 11 is 0. The average Bonchev–Trinajstić information content (AvgIpc) is 2.96.